The lowest BCUT2D eigenvalue weighted by Gasteiger charge is -2.33. The summed E-state index contributed by atoms with van der Waals surface area (Å²) in [5, 5.41) is 9.82. The fourth-order valence-corrected chi connectivity index (χ4v) is 3.35. The second kappa shape index (κ2) is 8.25. The molecule has 0 aromatic heterocycles. The number of carbonyl (C=O) groups is 3. The number of ether oxygens (including phenoxy) is 2. The van der Waals surface area contributed by atoms with Crippen LogP contribution in [0.4, 0.5) is 0 Å². The highest BCUT2D eigenvalue weighted by Crippen LogP contribution is 2.39. The summed E-state index contributed by atoms with van der Waals surface area (Å²) >= 11 is 0. The van der Waals surface area contributed by atoms with Crippen LogP contribution in [0.15, 0.2) is 36.0 Å². The lowest BCUT2D eigenvalue weighted by Crippen LogP contribution is -2.41. The molecule has 0 aromatic carbocycles. The summed E-state index contributed by atoms with van der Waals surface area (Å²) in [6, 6.07) is 0. The standard InChI is InChI=1S/C19H24O6/c1-11(2)18(22)25-17-14(10-21)7-5-4-6-13(9-20)8-15-16(17)12(3)19(23)24-15/h6,9,14-17,21H,1,3-5,7-8,10H2,2H3/b13-6+/t14-,15+,16-,17+/m0/s1. The Balaban J connectivity index is 2.42. The Morgan fingerprint density at radius 1 is 1.52 bits per heavy atom. The summed E-state index contributed by atoms with van der Waals surface area (Å²) in [4.78, 5) is 35.4. The van der Waals surface area contributed by atoms with Crippen LogP contribution in [0.1, 0.15) is 32.6 Å². The fourth-order valence-electron chi connectivity index (χ4n) is 3.35. The van der Waals surface area contributed by atoms with Gasteiger partial charge in [-0.25, -0.2) is 9.59 Å². The van der Waals surface area contributed by atoms with E-state index in [9.17, 15) is 19.5 Å². The molecule has 0 spiro atoms. The Morgan fingerprint density at radius 3 is 2.84 bits per heavy atom. The molecule has 1 heterocycles. The summed E-state index contributed by atoms with van der Waals surface area (Å²) in [6.45, 7) is 8.71. The molecular weight excluding hydrogens is 324 g/mol. The molecule has 2 rings (SSSR count). The Labute approximate surface area is 147 Å². The average Bonchev–Trinajstić information content (AvgIpc) is 2.86. The smallest absolute Gasteiger partial charge is 0.334 e. The van der Waals surface area contributed by atoms with Crippen LogP contribution in [0.3, 0.4) is 0 Å². The predicted octanol–water partition coefficient (Wildman–Crippen LogP) is 1.88. The molecular formula is C19H24O6. The van der Waals surface area contributed by atoms with Crippen molar-refractivity contribution in [2.45, 2.75) is 44.8 Å². The van der Waals surface area contributed by atoms with Gasteiger partial charge >= 0.3 is 11.9 Å². The van der Waals surface area contributed by atoms with Gasteiger partial charge in [-0.15, -0.1) is 0 Å². The van der Waals surface area contributed by atoms with Crippen molar-refractivity contribution in [3.05, 3.63) is 36.0 Å². The highest BCUT2D eigenvalue weighted by atomic mass is 16.6. The third kappa shape index (κ3) is 4.25. The highest BCUT2D eigenvalue weighted by Gasteiger charge is 2.47. The molecule has 0 saturated carbocycles. The molecule has 1 aliphatic carbocycles. The molecule has 2 aliphatic rings. The molecule has 0 amide bonds. The molecule has 1 N–H and O–H groups in total. The Morgan fingerprint density at radius 2 is 2.24 bits per heavy atom. The molecule has 1 saturated heterocycles. The monoisotopic (exact) mass is 348 g/mol. The van der Waals surface area contributed by atoms with Crippen LogP contribution < -0.4 is 0 Å². The van der Waals surface area contributed by atoms with Gasteiger partial charge in [0.2, 0.25) is 0 Å². The Hall–Kier alpha value is -2.21. The quantitative estimate of drug-likeness (QED) is 0.474. The number of aldehydes is 1. The summed E-state index contributed by atoms with van der Waals surface area (Å²) in [5.74, 6) is -2.10. The van der Waals surface area contributed by atoms with Gasteiger partial charge in [0.15, 0.2) is 0 Å². The molecule has 1 aliphatic heterocycles. The SMILES string of the molecule is C=C(C)C(=O)O[C@@H]1[C@H](CO)CCC/C=C(/C=O)C[C@H]2OC(=O)C(=C)[C@H]12. The van der Waals surface area contributed by atoms with Gasteiger partial charge in [0.25, 0.3) is 0 Å². The molecule has 4 atom stereocenters. The van der Waals surface area contributed by atoms with E-state index in [1.54, 1.807) is 0 Å². The largest absolute Gasteiger partial charge is 0.458 e. The summed E-state index contributed by atoms with van der Waals surface area (Å²) in [7, 11) is 0. The first-order valence-corrected chi connectivity index (χ1v) is 8.40. The predicted molar refractivity (Wildman–Crippen MR) is 90.4 cm³/mol. The van der Waals surface area contributed by atoms with E-state index >= 15 is 0 Å². The van der Waals surface area contributed by atoms with Crippen molar-refractivity contribution in [2.24, 2.45) is 11.8 Å². The van der Waals surface area contributed by atoms with Crippen molar-refractivity contribution in [3.63, 3.8) is 0 Å². The van der Waals surface area contributed by atoms with Gasteiger partial charge in [0.05, 0.1) is 5.92 Å². The van der Waals surface area contributed by atoms with E-state index in [0.29, 0.717) is 18.4 Å². The Kier molecular flexibility index (Phi) is 6.31. The maximum absolute atomic E-state index is 12.1. The molecule has 0 unspecified atom stereocenters. The molecule has 6 heteroatoms. The summed E-state index contributed by atoms with van der Waals surface area (Å²) < 4.78 is 11.0. The number of fused-ring (bicyclic) bond motifs is 1. The first kappa shape index (κ1) is 19.1. The zero-order valence-electron chi connectivity index (χ0n) is 14.4. The molecule has 25 heavy (non-hydrogen) atoms. The fraction of sp³-hybridized carbons (Fsp3) is 0.526. The molecule has 136 valence electrons. The molecule has 0 bridgehead atoms. The van der Waals surface area contributed by atoms with Gasteiger partial charge in [-0.05, 0) is 31.8 Å². The van der Waals surface area contributed by atoms with Crippen molar-refractivity contribution >= 4 is 18.2 Å². The number of hydrogen-bond acceptors (Lipinski definition) is 6. The van der Waals surface area contributed by atoms with Crippen LogP contribution in [0, 0.1) is 11.8 Å². The van der Waals surface area contributed by atoms with Gasteiger partial charge in [-0.1, -0.05) is 19.2 Å². The van der Waals surface area contributed by atoms with E-state index in [1.165, 1.54) is 6.92 Å². The molecule has 0 aromatic rings. The van der Waals surface area contributed by atoms with Crippen molar-refractivity contribution in [1.82, 2.24) is 0 Å². The average molecular weight is 348 g/mol. The Bertz CT molecular complexity index is 617. The second-order valence-electron chi connectivity index (χ2n) is 6.62. The van der Waals surface area contributed by atoms with Crippen molar-refractivity contribution < 1.29 is 29.0 Å². The third-order valence-corrected chi connectivity index (χ3v) is 4.74. The van der Waals surface area contributed by atoms with E-state index in [-0.39, 0.29) is 30.1 Å². The summed E-state index contributed by atoms with van der Waals surface area (Å²) in [5.41, 5.74) is 0.980. The van der Waals surface area contributed by atoms with E-state index in [2.05, 4.69) is 13.2 Å². The van der Waals surface area contributed by atoms with Crippen LogP contribution in [-0.2, 0) is 23.9 Å². The van der Waals surface area contributed by atoms with Crippen molar-refractivity contribution in [1.29, 1.82) is 0 Å². The number of hydrogen-bond donors (Lipinski definition) is 1. The zero-order valence-corrected chi connectivity index (χ0v) is 14.4. The van der Waals surface area contributed by atoms with Crippen LogP contribution in [0.2, 0.25) is 0 Å². The van der Waals surface area contributed by atoms with E-state index in [4.69, 9.17) is 9.47 Å². The van der Waals surface area contributed by atoms with Gasteiger partial charge in [-0.2, -0.15) is 0 Å². The van der Waals surface area contributed by atoms with Gasteiger partial charge in [0.1, 0.15) is 18.5 Å². The molecule has 1 fully saturated rings. The van der Waals surface area contributed by atoms with Crippen molar-refractivity contribution in [3.8, 4) is 0 Å². The number of allylic oxidation sites excluding steroid dienone is 1. The number of aliphatic hydroxyl groups excluding tert-OH is 1. The minimum absolute atomic E-state index is 0.191. The summed E-state index contributed by atoms with van der Waals surface area (Å²) in [6.07, 6.45) is 3.38. The van der Waals surface area contributed by atoms with E-state index < -0.39 is 30.1 Å². The minimum Gasteiger partial charge on any atom is -0.458 e. The normalized spacial score (nSPS) is 32.0. The van der Waals surface area contributed by atoms with Gasteiger partial charge < -0.3 is 14.6 Å². The zero-order chi connectivity index (χ0) is 18.6. The van der Waals surface area contributed by atoms with Crippen LogP contribution in [-0.4, -0.2) is 42.1 Å². The van der Waals surface area contributed by atoms with Crippen LogP contribution in [0.5, 0.6) is 0 Å². The van der Waals surface area contributed by atoms with Crippen LogP contribution >= 0.6 is 0 Å². The third-order valence-electron chi connectivity index (χ3n) is 4.74. The second-order valence-corrected chi connectivity index (χ2v) is 6.62. The van der Waals surface area contributed by atoms with Gasteiger partial charge in [0, 0.05) is 30.1 Å². The number of aliphatic hydroxyl groups is 1. The van der Waals surface area contributed by atoms with E-state index in [0.717, 1.165) is 12.7 Å². The number of esters is 2. The lowest BCUT2D eigenvalue weighted by molar-refractivity contribution is -0.153. The number of carbonyl (C=O) groups excluding carboxylic acids is 3. The van der Waals surface area contributed by atoms with E-state index in [1.807, 2.05) is 6.08 Å². The molecule has 6 nitrogen and oxygen atoms in total. The molecule has 0 radical (unpaired) electrons. The lowest BCUT2D eigenvalue weighted by atomic mass is 9.79. The van der Waals surface area contributed by atoms with Crippen molar-refractivity contribution in [2.75, 3.05) is 6.61 Å². The van der Waals surface area contributed by atoms with Gasteiger partial charge in [-0.3, -0.25) is 4.79 Å². The maximum atomic E-state index is 12.1. The first-order valence-electron chi connectivity index (χ1n) is 8.40. The first-order chi connectivity index (χ1) is 11.9. The van der Waals surface area contributed by atoms with Crippen LogP contribution in [0.25, 0.3) is 0 Å². The number of rotatable bonds is 4. The maximum Gasteiger partial charge on any atom is 0.334 e. The minimum atomic E-state index is -0.760. The highest BCUT2D eigenvalue weighted by molar-refractivity contribution is 5.91. The topological polar surface area (TPSA) is 89.9 Å².